The molecule has 0 spiro atoms. The zero-order chi connectivity index (χ0) is 16.9. The van der Waals surface area contributed by atoms with E-state index in [0.29, 0.717) is 11.5 Å². The van der Waals surface area contributed by atoms with Gasteiger partial charge in [0.1, 0.15) is 11.5 Å². The Bertz CT molecular complexity index is 744. The summed E-state index contributed by atoms with van der Waals surface area (Å²) in [6.45, 7) is 1.78. The minimum atomic E-state index is -3.47. The lowest BCUT2D eigenvalue weighted by molar-refractivity contribution is 0.395. The van der Waals surface area contributed by atoms with E-state index in [2.05, 4.69) is 4.72 Å². The van der Waals surface area contributed by atoms with Crippen LogP contribution in [0.2, 0.25) is 0 Å². The molecule has 1 unspecified atom stereocenters. The van der Waals surface area contributed by atoms with E-state index >= 15 is 0 Å². The Labute approximate surface area is 137 Å². The number of benzene rings is 2. The fourth-order valence-corrected chi connectivity index (χ4v) is 3.73. The molecule has 23 heavy (non-hydrogen) atoms. The zero-order valence-electron chi connectivity index (χ0n) is 13.4. The van der Waals surface area contributed by atoms with Crippen LogP contribution < -0.4 is 14.2 Å². The van der Waals surface area contributed by atoms with Crippen molar-refractivity contribution >= 4 is 10.0 Å². The van der Waals surface area contributed by atoms with Gasteiger partial charge in [0.25, 0.3) is 0 Å². The Kier molecular flexibility index (Phi) is 5.63. The van der Waals surface area contributed by atoms with Crippen LogP contribution in [0.4, 0.5) is 0 Å². The summed E-state index contributed by atoms with van der Waals surface area (Å²) in [5.74, 6) is 1.19. The molecule has 0 aliphatic heterocycles. The minimum absolute atomic E-state index is 0.0650. The van der Waals surface area contributed by atoms with Crippen LogP contribution in [-0.4, -0.2) is 22.6 Å². The molecule has 2 rings (SSSR count). The molecule has 1 atom stereocenters. The van der Waals surface area contributed by atoms with E-state index in [0.717, 1.165) is 11.1 Å². The van der Waals surface area contributed by atoms with E-state index in [1.54, 1.807) is 51.5 Å². The molecule has 0 saturated heterocycles. The van der Waals surface area contributed by atoms with Crippen molar-refractivity contribution in [3.8, 4) is 11.5 Å². The number of rotatable bonds is 7. The van der Waals surface area contributed by atoms with E-state index in [1.165, 1.54) is 0 Å². The predicted octanol–water partition coefficient (Wildman–Crippen LogP) is 2.88. The molecule has 0 aliphatic rings. The van der Waals surface area contributed by atoms with Crippen LogP contribution in [0.25, 0.3) is 0 Å². The van der Waals surface area contributed by atoms with E-state index in [4.69, 9.17) is 9.47 Å². The second-order valence-electron chi connectivity index (χ2n) is 5.19. The third-order valence-electron chi connectivity index (χ3n) is 3.46. The Hall–Kier alpha value is -2.05. The standard InChI is InChI=1S/C17H21NO4S/c1-13(16-11-15(21-2)9-10-17(16)22-3)18-23(19,20)12-14-7-5-4-6-8-14/h4-11,13,18H,12H2,1-3H3. The van der Waals surface area contributed by atoms with E-state index < -0.39 is 16.1 Å². The van der Waals surface area contributed by atoms with Crippen molar-refractivity contribution in [1.29, 1.82) is 0 Å². The first-order valence-corrected chi connectivity index (χ1v) is 8.86. The lowest BCUT2D eigenvalue weighted by atomic mass is 10.1. The molecule has 0 amide bonds. The van der Waals surface area contributed by atoms with Gasteiger partial charge in [-0.25, -0.2) is 13.1 Å². The summed E-state index contributed by atoms with van der Waals surface area (Å²) in [5.41, 5.74) is 1.47. The smallest absolute Gasteiger partial charge is 0.216 e. The summed E-state index contributed by atoms with van der Waals surface area (Å²) >= 11 is 0. The Morgan fingerprint density at radius 1 is 1.04 bits per heavy atom. The van der Waals surface area contributed by atoms with Crippen molar-refractivity contribution < 1.29 is 17.9 Å². The molecule has 0 aromatic heterocycles. The first-order valence-electron chi connectivity index (χ1n) is 7.21. The highest BCUT2D eigenvalue weighted by molar-refractivity contribution is 7.88. The quantitative estimate of drug-likeness (QED) is 0.845. The Balaban J connectivity index is 2.19. The molecule has 0 radical (unpaired) electrons. The van der Waals surface area contributed by atoms with Crippen LogP contribution in [-0.2, 0) is 15.8 Å². The minimum Gasteiger partial charge on any atom is -0.497 e. The van der Waals surface area contributed by atoms with Crippen molar-refractivity contribution in [3.63, 3.8) is 0 Å². The number of hydrogen-bond donors (Lipinski definition) is 1. The molecule has 0 fully saturated rings. The molecule has 5 nitrogen and oxygen atoms in total. The lowest BCUT2D eigenvalue weighted by Gasteiger charge is -2.18. The first-order chi connectivity index (χ1) is 10.9. The topological polar surface area (TPSA) is 64.6 Å². The highest BCUT2D eigenvalue weighted by Gasteiger charge is 2.19. The monoisotopic (exact) mass is 335 g/mol. The fourth-order valence-electron chi connectivity index (χ4n) is 2.35. The van der Waals surface area contributed by atoms with Gasteiger partial charge in [-0.1, -0.05) is 30.3 Å². The third-order valence-corrected chi connectivity index (χ3v) is 4.89. The number of methoxy groups -OCH3 is 2. The van der Waals surface area contributed by atoms with Crippen molar-refractivity contribution in [2.24, 2.45) is 0 Å². The number of sulfonamides is 1. The van der Waals surface area contributed by atoms with Gasteiger partial charge in [0, 0.05) is 11.6 Å². The van der Waals surface area contributed by atoms with Gasteiger partial charge in [0.2, 0.25) is 10.0 Å². The molecule has 124 valence electrons. The van der Waals surface area contributed by atoms with Gasteiger partial charge in [0.15, 0.2) is 0 Å². The maximum absolute atomic E-state index is 12.4. The van der Waals surface area contributed by atoms with E-state index in [9.17, 15) is 8.42 Å². The van der Waals surface area contributed by atoms with Crippen molar-refractivity contribution in [1.82, 2.24) is 4.72 Å². The molecule has 2 aromatic carbocycles. The summed E-state index contributed by atoms with van der Waals surface area (Å²) in [4.78, 5) is 0. The van der Waals surface area contributed by atoms with Gasteiger partial charge < -0.3 is 9.47 Å². The third kappa shape index (κ3) is 4.71. The second kappa shape index (κ2) is 7.48. The summed E-state index contributed by atoms with van der Waals surface area (Å²) in [6, 6.07) is 13.9. The molecule has 6 heteroatoms. The molecule has 2 aromatic rings. The number of ether oxygens (including phenoxy) is 2. The SMILES string of the molecule is COc1ccc(OC)c(C(C)NS(=O)(=O)Cc2ccccc2)c1. The van der Waals surface area contributed by atoms with Crippen molar-refractivity contribution in [3.05, 3.63) is 59.7 Å². The number of nitrogens with one attached hydrogen (secondary N) is 1. The van der Waals surface area contributed by atoms with Crippen LogP contribution in [0.5, 0.6) is 11.5 Å². The number of hydrogen-bond acceptors (Lipinski definition) is 4. The van der Waals surface area contributed by atoms with E-state index in [1.807, 2.05) is 18.2 Å². The summed E-state index contributed by atoms with van der Waals surface area (Å²) in [7, 11) is -0.356. The van der Waals surface area contributed by atoms with Crippen LogP contribution in [0.3, 0.4) is 0 Å². The normalized spacial score (nSPS) is 12.7. The molecule has 1 N–H and O–H groups in total. The zero-order valence-corrected chi connectivity index (χ0v) is 14.3. The second-order valence-corrected chi connectivity index (χ2v) is 6.95. The highest BCUT2D eigenvalue weighted by Crippen LogP contribution is 2.29. The van der Waals surface area contributed by atoms with Crippen LogP contribution >= 0.6 is 0 Å². The Morgan fingerprint density at radius 3 is 2.35 bits per heavy atom. The fraction of sp³-hybridized carbons (Fsp3) is 0.294. The summed E-state index contributed by atoms with van der Waals surface area (Å²) in [5, 5.41) is 0. The largest absolute Gasteiger partial charge is 0.497 e. The lowest BCUT2D eigenvalue weighted by Crippen LogP contribution is -2.28. The highest BCUT2D eigenvalue weighted by atomic mass is 32.2. The molecule has 0 saturated carbocycles. The molecular weight excluding hydrogens is 314 g/mol. The van der Waals surface area contributed by atoms with Gasteiger partial charge in [-0.3, -0.25) is 0 Å². The maximum Gasteiger partial charge on any atom is 0.216 e. The summed E-state index contributed by atoms with van der Waals surface area (Å²) in [6.07, 6.45) is 0. The van der Waals surface area contributed by atoms with E-state index in [-0.39, 0.29) is 5.75 Å². The van der Waals surface area contributed by atoms with Crippen LogP contribution in [0, 0.1) is 0 Å². The van der Waals surface area contributed by atoms with Crippen LogP contribution in [0.1, 0.15) is 24.1 Å². The average molecular weight is 335 g/mol. The maximum atomic E-state index is 12.4. The molecule has 0 aliphatic carbocycles. The average Bonchev–Trinajstić information content (AvgIpc) is 2.54. The van der Waals surface area contributed by atoms with Crippen molar-refractivity contribution in [2.45, 2.75) is 18.7 Å². The van der Waals surface area contributed by atoms with Gasteiger partial charge in [0.05, 0.1) is 20.0 Å². The van der Waals surface area contributed by atoms with Gasteiger partial charge >= 0.3 is 0 Å². The molecule has 0 bridgehead atoms. The Morgan fingerprint density at radius 2 is 1.74 bits per heavy atom. The van der Waals surface area contributed by atoms with Gasteiger partial charge in [-0.05, 0) is 30.7 Å². The molecular formula is C17H21NO4S. The summed E-state index contributed by atoms with van der Waals surface area (Å²) < 4.78 is 37.9. The van der Waals surface area contributed by atoms with Gasteiger partial charge in [-0.2, -0.15) is 0 Å². The first kappa shape index (κ1) is 17.3. The van der Waals surface area contributed by atoms with Gasteiger partial charge in [-0.15, -0.1) is 0 Å². The van der Waals surface area contributed by atoms with Crippen molar-refractivity contribution in [2.75, 3.05) is 14.2 Å². The van der Waals surface area contributed by atoms with Crippen LogP contribution in [0.15, 0.2) is 48.5 Å². The predicted molar refractivity (Wildman–Crippen MR) is 90.2 cm³/mol. The molecule has 0 heterocycles.